The van der Waals surface area contributed by atoms with Crippen molar-refractivity contribution in [1.82, 2.24) is 14.6 Å². The largest absolute Gasteiger partial charge is 0.299 e. The Bertz CT molecular complexity index is 481. The zero-order valence-corrected chi connectivity index (χ0v) is 8.79. The predicted molar refractivity (Wildman–Crippen MR) is 50.4 cm³/mol. The molecule has 3 nitrogen and oxygen atoms in total. The quantitative estimate of drug-likeness (QED) is 0.739. The van der Waals surface area contributed by atoms with Gasteiger partial charge in [-0.05, 0) is 40.5 Å². The minimum absolute atomic E-state index is 0.423. The van der Waals surface area contributed by atoms with Crippen molar-refractivity contribution in [2.24, 2.45) is 0 Å². The molecule has 0 unspecified atom stereocenters. The number of fused-ring (bicyclic) bond motifs is 1. The Labute approximate surface area is 86.9 Å². The highest BCUT2D eigenvalue weighted by Gasteiger charge is 2.15. The second kappa shape index (κ2) is 3.27. The second-order valence-corrected chi connectivity index (χ2v) is 3.71. The maximum Gasteiger partial charge on any atom is 0.299 e. The van der Waals surface area contributed by atoms with E-state index in [1.807, 2.05) is 6.92 Å². The molecule has 2 aromatic rings. The van der Waals surface area contributed by atoms with Crippen LogP contribution < -0.4 is 0 Å². The fourth-order valence-electron chi connectivity index (χ4n) is 1.18. The Hall–Kier alpha value is -1.04. The van der Waals surface area contributed by atoms with Crippen LogP contribution in [-0.2, 0) is 0 Å². The van der Waals surface area contributed by atoms with Gasteiger partial charge < -0.3 is 0 Å². The molecule has 0 atom stereocenters. The van der Waals surface area contributed by atoms with Crippen LogP contribution >= 0.6 is 15.9 Å². The van der Waals surface area contributed by atoms with Crippen molar-refractivity contribution in [2.45, 2.75) is 13.3 Å². The molecule has 0 aliphatic rings. The van der Waals surface area contributed by atoms with E-state index in [-0.39, 0.29) is 0 Å². The van der Waals surface area contributed by atoms with Crippen LogP contribution in [-0.4, -0.2) is 14.6 Å². The number of halogens is 3. The summed E-state index contributed by atoms with van der Waals surface area (Å²) in [5.74, 6) is -0.448. The highest BCUT2D eigenvalue weighted by molar-refractivity contribution is 9.10. The lowest BCUT2D eigenvalue weighted by atomic mass is 10.3. The number of hydrogen-bond acceptors (Lipinski definition) is 2. The van der Waals surface area contributed by atoms with Gasteiger partial charge in [0.15, 0.2) is 5.65 Å². The summed E-state index contributed by atoms with van der Waals surface area (Å²) in [6.07, 6.45) is -2.64. The van der Waals surface area contributed by atoms with Crippen LogP contribution in [0, 0.1) is 6.92 Å². The van der Waals surface area contributed by atoms with Gasteiger partial charge in [0, 0.05) is 0 Å². The molecule has 0 spiro atoms. The van der Waals surface area contributed by atoms with Crippen LogP contribution in [0.4, 0.5) is 8.78 Å². The van der Waals surface area contributed by atoms with Crippen molar-refractivity contribution in [1.29, 1.82) is 0 Å². The number of alkyl halides is 2. The molecule has 0 bridgehead atoms. The van der Waals surface area contributed by atoms with E-state index in [4.69, 9.17) is 0 Å². The Balaban J connectivity index is 2.70. The van der Waals surface area contributed by atoms with Crippen LogP contribution in [0.5, 0.6) is 0 Å². The van der Waals surface area contributed by atoms with Crippen molar-refractivity contribution in [3.8, 4) is 0 Å². The van der Waals surface area contributed by atoms with Gasteiger partial charge in [-0.3, -0.25) is 0 Å². The first-order valence-electron chi connectivity index (χ1n) is 3.89. The molecule has 14 heavy (non-hydrogen) atoms. The molecule has 0 amide bonds. The summed E-state index contributed by atoms with van der Waals surface area (Å²) in [7, 11) is 0. The standard InChI is InChI=1S/C8H6BrF2N3/c1-4-2-5(9)14-6(3-4)12-8(13-14)7(10)11/h2-3,7H,1H3. The number of rotatable bonds is 1. The van der Waals surface area contributed by atoms with Gasteiger partial charge in [-0.1, -0.05) is 0 Å². The van der Waals surface area contributed by atoms with Crippen molar-refractivity contribution in [3.05, 3.63) is 28.1 Å². The number of aromatic nitrogens is 3. The molecule has 2 aromatic heterocycles. The van der Waals surface area contributed by atoms with Crippen molar-refractivity contribution in [2.75, 3.05) is 0 Å². The van der Waals surface area contributed by atoms with E-state index in [0.29, 0.717) is 10.3 Å². The number of aryl methyl sites for hydroxylation is 1. The Kier molecular flexibility index (Phi) is 2.22. The molecule has 2 heterocycles. The fourth-order valence-corrected chi connectivity index (χ4v) is 1.80. The minimum atomic E-state index is -2.64. The van der Waals surface area contributed by atoms with E-state index in [0.717, 1.165) is 5.56 Å². The molecule has 6 heteroatoms. The number of nitrogens with zero attached hydrogens (tertiary/aromatic N) is 3. The van der Waals surface area contributed by atoms with E-state index in [1.54, 1.807) is 12.1 Å². The van der Waals surface area contributed by atoms with Crippen LogP contribution in [0.3, 0.4) is 0 Å². The van der Waals surface area contributed by atoms with E-state index < -0.39 is 12.2 Å². The summed E-state index contributed by atoms with van der Waals surface area (Å²) in [4.78, 5) is 3.71. The molecule has 74 valence electrons. The van der Waals surface area contributed by atoms with Gasteiger partial charge in [0.1, 0.15) is 4.60 Å². The number of pyridine rings is 1. The third kappa shape index (κ3) is 1.50. The van der Waals surface area contributed by atoms with Gasteiger partial charge in [0.05, 0.1) is 0 Å². The summed E-state index contributed by atoms with van der Waals surface area (Å²) in [6.45, 7) is 1.86. The molecule has 0 aromatic carbocycles. The zero-order valence-electron chi connectivity index (χ0n) is 7.21. The van der Waals surface area contributed by atoms with Crippen LogP contribution in [0.2, 0.25) is 0 Å². The lowest BCUT2D eigenvalue weighted by Gasteiger charge is -1.96. The van der Waals surface area contributed by atoms with Crippen LogP contribution in [0.15, 0.2) is 16.7 Å². The molecule has 2 rings (SSSR count). The Morgan fingerprint density at radius 3 is 2.79 bits per heavy atom. The molecule has 0 N–H and O–H groups in total. The first-order valence-corrected chi connectivity index (χ1v) is 4.68. The van der Waals surface area contributed by atoms with Gasteiger partial charge in [-0.25, -0.2) is 18.3 Å². The summed E-state index contributed by atoms with van der Waals surface area (Å²) in [5.41, 5.74) is 1.37. The summed E-state index contributed by atoms with van der Waals surface area (Å²) in [6, 6.07) is 3.49. The molecule has 0 saturated carbocycles. The normalized spacial score (nSPS) is 11.5. The highest BCUT2D eigenvalue weighted by atomic mass is 79.9. The maximum atomic E-state index is 12.3. The van der Waals surface area contributed by atoms with Crippen molar-refractivity contribution >= 4 is 21.6 Å². The lowest BCUT2D eigenvalue weighted by molar-refractivity contribution is 0.140. The average Bonchev–Trinajstić information content (AvgIpc) is 2.47. The Morgan fingerprint density at radius 1 is 1.43 bits per heavy atom. The molecule has 0 radical (unpaired) electrons. The van der Waals surface area contributed by atoms with Crippen molar-refractivity contribution in [3.63, 3.8) is 0 Å². The van der Waals surface area contributed by atoms with Gasteiger partial charge in [0.2, 0.25) is 5.82 Å². The molecular weight excluding hydrogens is 256 g/mol. The van der Waals surface area contributed by atoms with Gasteiger partial charge in [-0.2, -0.15) is 0 Å². The number of hydrogen-bond donors (Lipinski definition) is 0. The summed E-state index contributed by atoms with van der Waals surface area (Å²) < 4.78 is 26.5. The lowest BCUT2D eigenvalue weighted by Crippen LogP contribution is -1.92. The zero-order chi connectivity index (χ0) is 10.3. The predicted octanol–water partition coefficient (Wildman–Crippen LogP) is 2.74. The SMILES string of the molecule is Cc1cc(Br)n2nc(C(F)F)nc2c1. The van der Waals surface area contributed by atoms with E-state index in [2.05, 4.69) is 26.0 Å². The summed E-state index contributed by atoms with van der Waals surface area (Å²) >= 11 is 3.23. The third-order valence-electron chi connectivity index (χ3n) is 1.75. The maximum absolute atomic E-state index is 12.3. The third-order valence-corrected chi connectivity index (χ3v) is 2.31. The second-order valence-electron chi connectivity index (χ2n) is 2.90. The van der Waals surface area contributed by atoms with Crippen LogP contribution in [0.25, 0.3) is 5.65 Å². The first kappa shape index (κ1) is 9.51. The molecule has 0 aliphatic carbocycles. The molecule has 0 fully saturated rings. The minimum Gasteiger partial charge on any atom is -0.206 e. The monoisotopic (exact) mass is 261 g/mol. The van der Waals surface area contributed by atoms with Crippen LogP contribution in [0.1, 0.15) is 17.8 Å². The van der Waals surface area contributed by atoms with E-state index in [9.17, 15) is 8.78 Å². The van der Waals surface area contributed by atoms with Crippen molar-refractivity contribution < 1.29 is 8.78 Å². The molecule has 0 saturated heterocycles. The topological polar surface area (TPSA) is 30.2 Å². The van der Waals surface area contributed by atoms with E-state index in [1.165, 1.54) is 4.52 Å². The smallest absolute Gasteiger partial charge is 0.206 e. The van der Waals surface area contributed by atoms with Gasteiger partial charge >= 0.3 is 0 Å². The molecular formula is C8H6BrF2N3. The first-order chi connectivity index (χ1) is 6.58. The van der Waals surface area contributed by atoms with Gasteiger partial charge in [-0.15, -0.1) is 5.10 Å². The fraction of sp³-hybridized carbons (Fsp3) is 0.250. The Morgan fingerprint density at radius 2 is 2.14 bits per heavy atom. The molecule has 0 aliphatic heterocycles. The highest BCUT2D eigenvalue weighted by Crippen LogP contribution is 2.19. The van der Waals surface area contributed by atoms with E-state index >= 15 is 0 Å². The summed E-state index contributed by atoms with van der Waals surface area (Å²) in [5, 5.41) is 3.66. The average molecular weight is 262 g/mol. The van der Waals surface area contributed by atoms with Gasteiger partial charge in [0.25, 0.3) is 6.43 Å².